The average molecular weight is 368 g/mol. The molecule has 2 aliphatic heterocycles. The highest BCUT2D eigenvalue weighted by atomic mass is 16.3. The molecular formula is C20H24N4O3. The maximum atomic E-state index is 13.4. The highest BCUT2D eigenvalue weighted by molar-refractivity contribution is 5.92. The van der Waals surface area contributed by atoms with E-state index in [0.717, 1.165) is 18.5 Å². The molecular weight excluding hydrogens is 344 g/mol. The van der Waals surface area contributed by atoms with E-state index < -0.39 is 12.1 Å². The smallest absolute Gasteiger partial charge is 0.266 e. The van der Waals surface area contributed by atoms with E-state index in [4.69, 9.17) is 0 Å². The van der Waals surface area contributed by atoms with Gasteiger partial charge in [-0.05, 0) is 30.9 Å². The van der Waals surface area contributed by atoms with Crippen LogP contribution in [0.4, 0.5) is 11.5 Å². The first kappa shape index (κ1) is 17.7. The number of carbonyl (C=O) groups excluding carboxylic acids is 1. The number of hydrogen-bond acceptors (Lipinski definition) is 5. The van der Waals surface area contributed by atoms with Gasteiger partial charge in [0.2, 0.25) is 5.91 Å². The van der Waals surface area contributed by atoms with Gasteiger partial charge in [-0.25, -0.2) is 4.68 Å². The largest absolute Gasteiger partial charge is 0.386 e. The maximum Gasteiger partial charge on any atom is 0.266 e. The van der Waals surface area contributed by atoms with E-state index in [0.29, 0.717) is 30.4 Å². The molecule has 2 aliphatic rings. The number of aromatic nitrogens is 2. The summed E-state index contributed by atoms with van der Waals surface area (Å²) in [5.41, 5.74) is 1.23. The molecule has 1 aromatic heterocycles. The molecule has 2 aromatic rings. The fraction of sp³-hybridized carbons (Fsp3) is 0.450. The van der Waals surface area contributed by atoms with Gasteiger partial charge in [0.15, 0.2) is 5.82 Å². The zero-order valence-corrected chi connectivity index (χ0v) is 15.6. The van der Waals surface area contributed by atoms with Gasteiger partial charge in [-0.3, -0.25) is 9.59 Å². The van der Waals surface area contributed by atoms with Crippen molar-refractivity contribution in [1.82, 2.24) is 14.7 Å². The van der Waals surface area contributed by atoms with Gasteiger partial charge in [-0.15, -0.1) is 0 Å². The number of fused-ring (bicyclic) bond motifs is 1. The lowest BCUT2D eigenvalue weighted by atomic mass is 9.98. The van der Waals surface area contributed by atoms with Crippen LogP contribution in [0.3, 0.4) is 0 Å². The van der Waals surface area contributed by atoms with Crippen LogP contribution in [0.2, 0.25) is 0 Å². The van der Waals surface area contributed by atoms with E-state index in [2.05, 4.69) is 12.0 Å². The van der Waals surface area contributed by atoms with E-state index in [1.807, 2.05) is 29.2 Å². The number of anilines is 2. The van der Waals surface area contributed by atoms with Crippen molar-refractivity contribution in [3.8, 4) is 0 Å². The van der Waals surface area contributed by atoms with Gasteiger partial charge in [0.25, 0.3) is 5.56 Å². The Labute approximate surface area is 157 Å². The Balaban J connectivity index is 1.77. The van der Waals surface area contributed by atoms with Crippen LogP contribution < -0.4 is 10.5 Å². The van der Waals surface area contributed by atoms with Crippen molar-refractivity contribution in [2.24, 2.45) is 13.0 Å². The highest BCUT2D eigenvalue weighted by Gasteiger charge is 2.45. The summed E-state index contributed by atoms with van der Waals surface area (Å²) in [6, 6.07) is 9.69. The third kappa shape index (κ3) is 3.02. The zero-order valence-electron chi connectivity index (χ0n) is 15.6. The summed E-state index contributed by atoms with van der Waals surface area (Å²) in [7, 11) is 1.58. The summed E-state index contributed by atoms with van der Waals surface area (Å²) >= 11 is 0. The van der Waals surface area contributed by atoms with Gasteiger partial charge in [0.1, 0.15) is 12.1 Å². The average Bonchev–Trinajstić information content (AvgIpc) is 2.96. The molecule has 1 fully saturated rings. The minimum Gasteiger partial charge on any atom is -0.386 e. The number of aliphatic hydroxyl groups excluding tert-OH is 1. The molecule has 7 nitrogen and oxygen atoms in total. The van der Waals surface area contributed by atoms with Crippen LogP contribution >= 0.6 is 0 Å². The SMILES string of the molecule is CC1CCCN(C(=O)C2C(O)c3ccccc3N2c2ccc(=O)n(C)n2)C1. The fourth-order valence-corrected chi connectivity index (χ4v) is 4.12. The monoisotopic (exact) mass is 368 g/mol. The van der Waals surface area contributed by atoms with E-state index in [9.17, 15) is 14.7 Å². The Morgan fingerprint density at radius 2 is 2.00 bits per heavy atom. The summed E-state index contributed by atoms with van der Waals surface area (Å²) in [6.07, 6.45) is 1.15. The number of para-hydroxylation sites is 1. The lowest BCUT2D eigenvalue weighted by Gasteiger charge is -2.36. The Morgan fingerprint density at radius 3 is 2.74 bits per heavy atom. The summed E-state index contributed by atoms with van der Waals surface area (Å²) in [5.74, 6) is 0.832. The molecule has 142 valence electrons. The van der Waals surface area contributed by atoms with E-state index in [1.54, 1.807) is 18.0 Å². The van der Waals surface area contributed by atoms with Crippen LogP contribution in [-0.2, 0) is 11.8 Å². The second-order valence-electron chi connectivity index (χ2n) is 7.50. The molecule has 1 saturated heterocycles. The van der Waals surface area contributed by atoms with Crippen LogP contribution in [0.5, 0.6) is 0 Å². The number of nitrogens with zero attached hydrogens (tertiary/aromatic N) is 4. The minimum atomic E-state index is -0.940. The van der Waals surface area contributed by atoms with Gasteiger partial charge in [-0.2, -0.15) is 5.10 Å². The molecule has 0 saturated carbocycles. The summed E-state index contributed by atoms with van der Waals surface area (Å²) in [6.45, 7) is 3.55. The molecule has 0 spiro atoms. The first-order valence-corrected chi connectivity index (χ1v) is 9.36. The van der Waals surface area contributed by atoms with Crippen LogP contribution in [-0.4, -0.2) is 44.8 Å². The summed E-state index contributed by atoms with van der Waals surface area (Å²) < 4.78 is 1.24. The molecule has 3 atom stereocenters. The zero-order chi connectivity index (χ0) is 19.1. The first-order chi connectivity index (χ1) is 13.0. The molecule has 1 amide bonds. The molecule has 0 bridgehead atoms. The van der Waals surface area contributed by atoms with E-state index >= 15 is 0 Å². The molecule has 3 unspecified atom stereocenters. The molecule has 0 radical (unpaired) electrons. The Kier molecular flexibility index (Phi) is 4.47. The van der Waals surface area contributed by atoms with Crippen molar-refractivity contribution in [3.05, 3.63) is 52.3 Å². The topological polar surface area (TPSA) is 78.7 Å². The van der Waals surface area contributed by atoms with Crippen molar-refractivity contribution in [2.75, 3.05) is 18.0 Å². The van der Waals surface area contributed by atoms with Crippen molar-refractivity contribution in [3.63, 3.8) is 0 Å². The Bertz CT molecular complexity index is 925. The number of likely N-dealkylation sites (tertiary alicyclic amines) is 1. The van der Waals surface area contributed by atoms with Crippen molar-refractivity contribution >= 4 is 17.4 Å². The van der Waals surface area contributed by atoms with Gasteiger partial charge in [0.05, 0.1) is 0 Å². The van der Waals surface area contributed by atoms with Gasteiger partial charge in [0, 0.05) is 37.5 Å². The number of carbonyl (C=O) groups is 1. The normalized spacial score (nSPS) is 24.8. The molecule has 1 aromatic carbocycles. The van der Waals surface area contributed by atoms with Gasteiger partial charge < -0.3 is 14.9 Å². The lowest BCUT2D eigenvalue weighted by molar-refractivity contribution is -0.136. The number of benzene rings is 1. The quantitative estimate of drug-likeness (QED) is 0.871. The van der Waals surface area contributed by atoms with Crippen molar-refractivity contribution in [2.45, 2.75) is 31.9 Å². The highest BCUT2D eigenvalue weighted by Crippen LogP contribution is 2.44. The first-order valence-electron chi connectivity index (χ1n) is 9.36. The van der Waals surface area contributed by atoms with Crippen LogP contribution in [0.25, 0.3) is 0 Å². The number of aryl methyl sites for hydroxylation is 1. The van der Waals surface area contributed by atoms with Crippen molar-refractivity contribution < 1.29 is 9.90 Å². The van der Waals surface area contributed by atoms with Crippen LogP contribution in [0.1, 0.15) is 31.4 Å². The van der Waals surface area contributed by atoms with Gasteiger partial charge in [-0.1, -0.05) is 25.1 Å². The minimum absolute atomic E-state index is 0.0964. The molecule has 3 heterocycles. The predicted molar refractivity (Wildman–Crippen MR) is 102 cm³/mol. The molecule has 4 rings (SSSR count). The van der Waals surface area contributed by atoms with E-state index in [-0.39, 0.29) is 11.5 Å². The summed E-state index contributed by atoms with van der Waals surface area (Å²) in [4.78, 5) is 28.8. The third-order valence-corrected chi connectivity index (χ3v) is 5.51. The second-order valence-corrected chi connectivity index (χ2v) is 7.50. The predicted octanol–water partition coefficient (Wildman–Crippen LogP) is 1.59. The van der Waals surface area contributed by atoms with E-state index in [1.165, 1.54) is 10.7 Å². The number of hydrogen-bond donors (Lipinski definition) is 1. The number of piperidine rings is 1. The van der Waals surface area contributed by atoms with Crippen LogP contribution in [0, 0.1) is 5.92 Å². The molecule has 7 heteroatoms. The van der Waals surface area contributed by atoms with Gasteiger partial charge >= 0.3 is 0 Å². The maximum absolute atomic E-state index is 13.4. The molecule has 27 heavy (non-hydrogen) atoms. The molecule has 0 aliphatic carbocycles. The number of aliphatic hydroxyl groups is 1. The fourth-order valence-electron chi connectivity index (χ4n) is 4.12. The summed E-state index contributed by atoms with van der Waals surface area (Å²) in [5, 5.41) is 15.3. The lowest BCUT2D eigenvalue weighted by Crippen LogP contribution is -2.50. The Morgan fingerprint density at radius 1 is 1.22 bits per heavy atom. The third-order valence-electron chi connectivity index (χ3n) is 5.51. The number of rotatable bonds is 2. The molecule has 1 N–H and O–H groups in total. The second kappa shape index (κ2) is 6.81. The van der Waals surface area contributed by atoms with Crippen molar-refractivity contribution in [1.29, 1.82) is 0 Å². The van der Waals surface area contributed by atoms with Crippen LogP contribution in [0.15, 0.2) is 41.2 Å². The number of amides is 1. The Hall–Kier alpha value is -2.67. The standard InChI is InChI=1S/C20H24N4O3/c1-13-6-5-11-23(12-13)20(27)18-19(26)14-7-3-4-8-15(14)24(18)16-9-10-17(25)22(2)21-16/h3-4,7-10,13,18-19,26H,5-6,11-12H2,1-2H3.